The smallest absolute Gasteiger partial charge is 0.260 e. The maximum Gasteiger partial charge on any atom is 0.260 e. The maximum absolute atomic E-state index is 11.5. The number of carbonyl (C=O) groups is 1. The highest BCUT2D eigenvalue weighted by Gasteiger charge is 2.27. The second kappa shape index (κ2) is 3.70. The molecule has 1 aromatic carbocycles. The topological polar surface area (TPSA) is 38.3 Å². The lowest BCUT2D eigenvalue weighted by Crippen LogP contribution is -2.36. The number of amides is 1. The van der Waals surface area contributed by atoms with Gasteiger partial charge in [-0.25, -0.2) is 0 Å². The lowest BCUT2D eigenvalue weighted by molar-refractivity contribution is -0.131. The molecule has 1 aromatic rings. The number of hydrogen-bond donors (Lipinski definition) is 1. The Morgan fingerprint density at radius 3 is 3.00 bits per heavy atom. The predicted molar refractivity (Wildman–Crippen MR) is 52.9 cm³/mol. The van der Waals surface area contributed by atoms with Crippen molar-refractivity contribution in [2.75, 3.05) is 0 Å². The van der Waals surface area contributed by atoms with Gasteiger partial charge in [-0.3, -0.25) is 4.79 Å². The molecule has 0 bridgehead atoms. The number of hydrogen-bond acceptors (Lipinski definition) is 2. The zero-order chi connectivity index (χ0) is 9.97. The molecule has 0 saturated carbocycles. The molecular weight excluding hydrogens is 178 g/mol. The summed E-state index contributed by atoms with van der Waals surface area (Å²) >= 11 is 0. The van der Waals surface area contributed by atoms with Gasteiger partial charge in [0.25, 0.3) is 5.91 Å². The summed E-state index contributed by atoms with van der Waals surface area (Å²) in [7, 11) is 0. The Labute approximate surface area is 83.0 Å². The molecule has 3 nitrogen and oxygen atoms in total. The van der Waals surface area contributed by atoms with Crippen LogP contribution in [-0.2, 0) is 4.79 Å². The van der Waals surface area contributed by atoms with E-state index in [4.69, 9.17) is 4.84 Å². The lowest BCUT2D eigenvalue weighted by atomic mass is 9.92. The molecule has 0 spiro atoms. The molecule has 3 heteroatoms. The van der Waals surface area contributed by atoms with Gasteiger partial charge < -0.3 is 4.84 Å². The minimum Gasteiger partial charge on any atom is -0.379 e. The van der Waals surface area contributed by atoms with Crippen LogP contribution in [0.4, 0.5) is 0 Å². The van der Waals surface area contributed by atoms with Crippen molar-refractivity contribution in [3.8, 4) is 5.75 Å². The Balaban J connectivity index is 2.36. The third-order valence-electron chi connectivity index (χ3n) is 2.45. The Hall–Kier alpha value is -1.51. The Morgan fingerprint density at radius 2 is 2.21 bits per heavy atom. The fourth-order valence-corrected chi connectivity index (χ4v) is 1.75. The molecule has 1 amide bonds. The first kappa shape index (κ1) is 9.06. The summed E-state index contributed by atoms with van der Waals surface area (Å²) in [6.45, 7) is 2.07. The number of hydroxylamine groups is 1. The first-order chi connectivity index (χ1) is 6.83. The molecule has 0 fully saturated rings. The number of carbonyl (C=O) groups excluding carboxylic acids is 1. The number of rotatable bonds is 2. The van der Waals surface area contributed by atoms with E-state index >= 15 is 0 Å². The van der Waals surface area contributed by atoms with Crippen molar-refractivity contribution in [3.63, 3.8) is 0 Å². The predicted octanol–water partition coefficient (Wildman–Crippen LogP) is 1.99. The largest absolute Gasteiger partial charge is 0.379 e. The van der Waals surface area contributed by atoms with Gasteiger partial charge in [0.1, 0.15) is 0 Å². The van der Waals surface area contributed by atoms with Gasteiger partial charge in [0.2, 0.25) is 0 Å². The van der Waals surface area contributed by atoms with Gasteiger partial charge in [-0.05, 0) is 12.5 Å². The van der Waals surface area contributed by atoms with Crippen LogP contribution in [0.25, 0.3) is 0 Å². The van der Waals surface area contributed by atoms with Crippen molar-refractivity contribution in [2.24, 2.45) is 0 Å². The van der Waals surface area contributed by atoms with Crippen LogP contribution in [0.3, 0.4) is 0 Å². The monoisotopic (exact) mass is 191 g/mol. The van der Waals surface area contributed by atoms with Crippen LogP contribution in [0, 0.1) is 0 Å². The van der Waals surface area contributed by atoms with E-state index in [1.165, 1.54) is 0 Å². The van der Waals surface area contributed by atoms with E-state index in [-0.39, 0.29) is 11.8 Å². The van der Waals surface area contributed by atoms with Crippen LogP contribution in [0.15, 0.2) is 24.3 Å². The molecule has 0 aromatic heterocycles. The fourth-order valence-electron chi connectivity index (χ4n) is 1.75. The van der Waals surface area contributed by atoms with Gasteiger partial charge in [-0.15, -0.1) is 0 Å². The van der Waals surface area contributed by atoms with Gasteiger partial charge >= 0.3 is 0 Å². The molecule has 1 aliphatic rings. The molecular formula is C11H13NO2. The zero-order valence-corrected chi connectivity index (χ0v) is 8.12. The van der Waals surface area contributed by atoms with E-state index in [9.17, 15) is 4.79 Å². The average molecular weight is 191 g/mol. The zero-order valence-electron chi connectivity index (χ0n) is 8.12. The van der Waals surface area contributed by atoms with Crippen molar-refractivity contribution in [1.29, 1.82) is 0 Å². The molecule has 1 N–H and O–H groups in total. The van der Waals surface area contributed by atoms with Crippen LogP contribution in [-0.4, -0.2) is 5.91 Å². The molecule has 0 aliphatic carbocycles. The van der Waals surface area contributed by atoms with Gasteiger partial charge in [0, 0.05) is 5.56 Å². The van der Waals surface area contributed by atoms with Crippen molar-refractivity contribution < 1.29 is 9.63 Å². The van der Waals surface area contributed by atoms with E-state index in [2.05, 4.69) is 12.4 Å². The SMILES string of the molecule is CCCC1C(=O)NOc2ccccc21. The number of fused-ring (bicyclic) bond motifs is 1. The molecule has 14 heavy (non-hydrogen) atoms. The molecule has 2 rings (SSSR count). The highest BCUT2D eigenvalue weighted by Crippen LogP contribution is 2.32. The van der Waals surface area contributed by atoms with Crippen molar-refractivity contribution in [2.45, 2.75) is 25.7 Å². The van der Waals surface area contributed by atoms with Crippen LogP contribution >= 0.6 is 0 Å². The van der Waals surface area contributed by atoms with Crippen LogP contribution in [0.2, 0.25) is 0 Å². The average Bonchev–Trinajstić information content (AvgIpc) is 2.23. The van der Waals surface area contributed by atoms with E-state index in [1.807, 2.05) is 24.3 Å². The van der Waals surface area contributed by atoms with Crippen molar-refractivity contribution in [3.05, 3.63) is 29.8 Å². The molecule has 0 saturated heterocycles. The first-order valence-corrected chi connectivity index (χ1v) is 4.88. The summed E-state index contributed by atoms with van der Waals surface area (Å²) < 4.78 is 0. The fraction of sp³-hybridized carbons (Fsp3) is 0.364. The highest BCUT2D eigenvalue weighted by molar-refractivity contribution is 5.85. The van der Waals surface area contributed by atoms with E-state index in [0.717, 1.165) is 24.2 Å². The third-order valence-corrected chi connectivity index (χ3v) is 2.45. The maximum atomic E-state index is 11.5. The second-order valence-electron chi connectivity index (χ2n) is 3.45. The van der Waals surface area contributed by atoms with E-state index < -0.39 is 0 Å². The summed E-state index contributed by atoms with van der Waals surface area (Å²) in [6.07, 6.45) is 1.86. The molecule has 0 radical (unpaired) electrons. The summed E-state index contributed by atoms with van der Waals surface area (Å²) in [5.74, 6) is 0.682. The quantitative estimate of drug-likeness (QED) is 0.776. The Bertz CT molecular complexity index is 349. The number of benzene rings is 1. The Morgan fingerprint density at radius 1 is 1.43 bits per heavy atom. The molecule has 1 aliphatic heterocycles. The minimum atomic E-state index is -0.0510. The molecule has 1 unspecified atom stereocenters. The van der Waals surface area contributed by atoms with Crippen LogP contribution in [0.5, 0.6) is 5.75 Å². The van der Waals surface area contributed by atoms with Gasteiger partial charge in [-0.2, -0.15) is 5.48 Å². The lowest BCUT2D eigenvalue weighted by Gasteiger charge is -2.24. The van der Waals surface area contributed by atoms with Gasteiger partial charge in [0.05, 0.1) is 5.92 Å². The van der Waals surface area contributed by atoms with Gasteiger partial charge in [-0.1, -0.05) is 31.5 Å². The summed E-state index contributed by atoms with van der Waals surface area (Å²) in [5.41, 5.74) is 3.43. The van der Waals surface area contributed by atoms with Crippen LogP contribution < -0.4 is 10.3 Å². The van der Waals surface area contributed by atoms with Crippen molar-refractivity contribution in [1.82, 2.24) is 5.48 Å². The molecule has 74 valence electrons. The van der Waals surface area contributed by atoms with Gasteiger partial charge in [0.15, 0.2) is 5.75 Å². The standard InChI is InChI=1S/C11H13NO2/c1-2-5-9-8-6-3-4-7-10(8)14-12-11(9)13/h3-4,6-7,9H,2,5H2,1H3,(H,12,13). The third kappa shape index (κ3) is 1.45. The normalized spacial score (nSPS) is 19.5. The summed E-state index contributed by atoms with van der Waals surface area (Å²) in [6, 6.07) is 7.66. The van der Waals surface area contributed by atoms with E-state index in [1.54, 1.807) is 0 Å². The molecule has 1 heterocycles. The number of nitrogens with one attached hydrogen (secondary N) is 1. The van der Waals surface area contributed by atoms with Crippen molar-refractivity contribution >= 4 is 5.91 Å². The van der Waals surface area contributed by atoms with Crippen LogP contribution in [0.1, 0.15) is 31.2 Å². The molecule has 1 atom stereocenters. The highest BCUT2D eigenvalue weighted by atomic mass is 16.7. The second-order valence-corrected chi connectivity index (χ2v) is 3.45. The number of para-hydroxylation sites is 1. The Kier molecular flexibility index (Phi) is 2.39. The summed E-state index contributed by atoms with van der Waals surface area (Å²) in [5, 5.41) is 0. The van der Waals surface area contributed by atoms with E-state index in [0.29, 0.717) is 0 Å². The minimum absolute atomic E-state index is 0.0365. The first-order valence-electron chi connectivity index (χ1n) is 4.88. The summed E-state index contributed by atoms with van der Waals surface area (Å²) in [4.78, 5) is 16.6.